The van der Waals surface area contributed by atoms with Gasteiger partial charge in [-0.1, -0.05) is 12.1 Å². The van der Waals surface area contributed by atoms with E-state index in [1.807, 2.05) is 25.1 Å². The molecule has 0 heterocycles. The standard InChI is InChI=1S/C10H17N3O2S/c1-8-4-3-5-9(10(8)11)13-6-7-16(14,15)12-2/h3-5,12-13H,6-7,11H2,1-2H3. The first kappa shape index (κ1) is 12.8. The number of nitrogen functional groups attached to an aromatic ring is 1. The van der Waals surface area contributed by atoms with Gasteiger partial charge in [0.25, 0.3) is 0 Å². The molecule has 5 nitrogen and oxygen atoms in total. The lowest BCUT2D eigenvalue weighted by molar-refractivity contribution is 0.588. The number of para-hydroxylation sites is 1. The van der Waals surface area contributed by atoms with E-state index in [1.54, 1.807) is 0 Å². The van der Waals surface area contributed by atoms with Crippen molar-refractivity contribution in [3.05, 3.63) is 23.8 Å². The molecule has 1 aromatic rings. The van der Waals surface area contributed by atoms with E-state index in [-0.39, 0.29) is 5.75 Å². The maximum atomic E-state index is 11.2. The molecule has 0 aliphatic rings. The number of hydrogen-bond donors (Lipinski definition) is 3. The molecule has 0 fully saturated rings. The Labute approximate surface area is 96.1 Å². The number of nitrogens with one attached hydrogen (secondary N) is 2. The van der Waals surface area contributed by atoms with Crippen molar-refractivity contribution >= 4 is 21.4 Å². The van der Waals surface area contributed by atoms with Gasteiger partial charge in [-0.05, 0) is 25.6 Å². The quantitative estimate of drug-likeness (QED) is 0.659. The number of nitrogens with two attached hydrogens (primary N) is 1. The number of anilines is 2. The topological polar surface area (TPSA) is 84.2 Å². The van der Waals surface area contributed by atoms with Crippen molar-refractivity contribution < 1.29 is 8.42 Å². The molecule has 1 rings (SSSR count). The van der Waals surface area contributed by atoms with Crippen LogP contribution in [-0.2, 0) is 10.0 Å². The molecule has 0 spiro atoms. The zero-order valence-electron chi connectivity index (χ0n) is 9.45. The van der Waals surface area contributed by atoms with Crippen molar-refractivity contribution in [2.75, 3.05) is 30.4 Å². The fourth-order valence-electron chi connectivity index (χ4n) is 1.26. The van der Waals surface area contributed by atoms with Crippen molar-refractivity contribution in [2.24, 2.45) is 0 Å². The van der Waals surface area contributed by atoms with Crippen LogP contribution in [0.5, 0.6) is 0 Å². The molecule has 1 aromatic carbocycles. The highest BCUT2D eigenvalue weighted by Gasteiger charge is 2.06. The van der Waals surface area contributed by atoms with E-state index >= 15 is 0 Å². The summed E-state index contributed by atoms with van der Waals surface area (Å²) in [6.07, 6.45) is 0. The van der Waals surface area contributed by atoms with Gasteiger partial charge in [0, 0.05) is 6.54 Å². The van der Waals surface area contributed by atoms with Gasteiger partial charge in [-0.2, -0.15) is 0 Å². The molecule has 6 heteroatoms. The number of benzene rings is 1. The average molecular weight is 243 g/mol. The van der Waals surface area contributed by atoms with Crippen LogP contribution >= 0.6 is 0 Å². The molecule has 16 heavy (non-hydrogen) atoms. The van der Waals surface area contributed by atoms with Crippen LogP contribution in [0.3, 0.4) is 0 Å². The summed E-state index contributed by atoms with van der Waals surface area (Å²) >= 11 is 0. The third kappa shape index (κ3) is 3.39. The lowest BCUT2D eigenvalue weighted by Crippen LogP contribution is -2.26. The van der Waals surface area contributed by atoms with Crippen LogP contribution in [0, 0.1) is 6.92 Å². The van der Waals surface area contributed by atoms with Gasteiger partial charge in [0.15, 0.2) is 0 Å². The van der Waals surface area contributed by atoms with Crippen LogP contribution in [-0.4, -0.2) is 27.8 Å². The molecule has 90 valence electrons. The molecule has 0 amide bonds. The molecule has 0 aromatic heterocycles. The van der Waals surface area contributed by atoms with Gasteiger partial charge in [0.1, 0.15) is 0 Å². The molecule has 0 saturated heterocycles. The zero-order valence-corrected chi connectivity index (χ0v) is 10.3. The SMILES string of the molecule is CNS(=O)(=O)CCNc1cccc(C)c1N. The molecule has 0 atom stereocenters. The molecule has 4 N–H and O–H groups in total. The van der Waals surface area contributed by atoms with Gasteiger partial charge in [-0.3, -0.25) is 0 Å². The minimum Gasteiger partial charge on any atom is -0.397 e. The Balaban J connectivity index is 2.59. The Morgan fingerprint density at radius 1 is 1.38 bits per heavy atom. The van der Waals surface area contributed by atoms with Crippen molar-refractivity contribution in [1.82, 2.24) is 4.72 Å². The lowest BCUT2D eigenvalue weighted by atomic mass is 10.2. The summed E-state index contributed by atoms with van der Waals surface area (Å²) < 4.78 is 24.6. The van der Waals surface area contributed by atoms with Gasteiger partial charge < -0.3 is 11.1 Å². The molecule has 0 aliphatic carbocycles. The predicted octanol–water partition coefficient (Wildman–Crippen LogP) is 0.538. The van der Waals surface area contributed by atoms with Crippen molar-refractivity contribution in [1.29, 1.82) is 0 Å². The Morgan fingerprint density at radius 3 is 2.69 bits per heavy atom. The second-order valence-electron chi connectivity index (χ2n) is 3.49. The third-order valence-electron chi connectivity index (χ3n) is 2.32. The highest BCUT2D eigenvalue weighted by Crippen LogP contribution is 2.21. The molecular weight excluding hydrogens is 226 g/mol. The second-order valence-corrected chi connectivity index (χ2v) is 5.53. The molecule has 0 bridgehead atoms. The van der Waals surface area contributed by atoms with E-state index in [9.17, 15) is 8.42 Å². The molecular formula is C10H17N3O2S. The first-order valence-corrected chi connectivity index (χ1v) is 6.61. The van der Waals surface area contributed by atoms with Crippen molar-refractivity contribution in [3.63, 3.8) is 0 Å². The fraction of sp³-hybridized carbons (Fsp3) is 0.400. The van der Waals surface area contributed by atoms with Gasteiger partial charge >= 0.3 is 0 Å². The van der Waals surface area contributed by atoms with Crippen LogP contribution in [0.1, 0.15) is 5.56 Å². The summed E-state index contributed by atoms with van der Waals surface area (Å²) in [5.74, 6) is 0.0247. The van der Waals surface area contributed by atoms with Crippen molar-refractivity contribution in [2.45, 2.75) is 6.92 Å². The summed E-state index contributed by atoms with van der Waals surface area (Å²) in [6.45, 7) is 2.24. The first-order valence-electron chi connectivity index (χ1n) is 4.96. The minimum atomic E-state index is -3.17. The summed E-state index contributed by atoms with van der Waals surface area (Å²) in [4.78, 5) is 0. The Hall–Kier alpha value is -1.27. The Kier molecular flexibility index (Phi) is 4.14. The Morgan fingerprint density at radius 2 is 2.06 bits per heavy atom. The summed E-state index contributed by atoms with van der Waals surface area (Å²) in [5, 5.41) is 3.00. The predicted molar refractivity (Wildman–Crippen MR) is 66.9 cm³/mol. The molecule has 0 saturated carbocycles. The van der Waals surface area contributed by atoms with Crippen LogP contribution in [0.2, 0.25) is 0 Å². The van der Waals surface area contributed by atoms with Crippen LogP contribution < -0.4 is 15.8 Å². The minimum absolute atomic E-state index is 0.0247. The second kappa shape index (κ2) is 5.18. The first-order chi connectivity index (χ1) is 7.46. The van der Waals surface area contributed by atoms with E-state index in [4.69, 9.17) is 5.73 Å². The summed E-state index contributed by atoms with van der Waals surface area (Å²) in [6, 6.07) is 5.61. The van der Waals surface area contributed by atoms with Gasteiger partial charge in [0.2, 0.25) is 10.0 Å². The normalized spacial score (nSPS) is 11.4. The van der Waals surface area contributed by atoms with E-state index in [0.29, 0.717) is 12.2 Å². The Bertz CT molecular complexity index is 457. The van der Waals surface area contributed by atoms with Crippen LogP contribution in [0.15, 0.2) is 18.2 Å². The number of sulfonamides is 1. The molecule has 0 unspecified atom stereocenters. The molecule has 0 radical (unpaired) electrons. The maximum Gasteiger partial charge on any atom is 0.213 e. The van der Waals surface area contributed by atoms with Gasteiger partial charge in [-0.15, -0.1) is 0 Å². The number of rotatable bonds is 5. The summed E-state index contributed by atoms with van der Waals surface area (Å²) in [7, 11) is -1.77. The van der Waals surface area contributed by atoms with Crippen LogP contribution in [0.4, 0.5) is 11.4 Å². The highest BCUT2D eigenvalue weighted by molar-refractivity contribution is 7.89. The van der Waals surface area contributed by atoms with Crippen molar-refractivity contribution in [3.8, 4) is 0 Å². The van der Waals surface area contributed by atoms with E-state index in [0.717, 1.165) is 11.3 Å². The van der Waals surface area contributed by atoms with Crippen LogP contribution in [0.25, 0.3) is 0 Å². The van der Waals surface area contributed by atoms with E-state index in [1.165, 1.54) is 7.05 Å². The largest absolute Gasteiger partial charge is 0.397 e. The molecule has 0 aliphatic heterocycles. The van der Waals surface area contributed by atoms with Gasteiger partial charge in [0.05, 0.1) is 17.1 Å². The number of aryl methyl sites for hydroxylation is 1. The number of hydrogen-bond acceptors (Lipinski definition) is 4. The maximum absolute atomic E-state index is 11.2. The zero-order chi connectivity index (χ0) is 12.2. The lowest BCUT2D eigenvalue weighted by Gasteiger charge is -2.10. The van der Waals surface area contributed by atoms with E-state index < -0.39 is 10.0 Å². The van der Waals surface area contributed by atoms with Gasteiger partial charge in [-0.25, -0.2) is 13.1 Å². The average Bonchev–Trinajstić information content (AvgIpc) is 2.24. The fourth-order valence-corrected chi connectivity index (χ4v) is 1.83. The third-order valence-corrected chi connectivity index (χ3v) is 3.68. The summed E-state index contributed by atoms with van der Waals surface area (Å²) in [5.41, 5.74) is 8.24. The van der Waals surface area contributed by atoms with E-state index in [2.05, 4.69) is 10.0 Å². The highest BCUT2D eigenvalue weighted by atomic mass is 32.2. The monoisotopic (exact) mass is 243 g/mol. The smallest absolute Gasteiger partial charge is 0.213 e.